The Hall–Kier alpha value is -2.96. The number of benzene rings is 1. The van der Waals surface area contributed by atoms with Gasteiger partial charge in [0, 0.05) is 16.8 Å². The standard InChI is InChI=1S/C20H14Cl2N2O4/c1-27-19(25)11-5-6-23-17(7-11)18-9-12(20(26)28-2)8-16(24-18)14-4-3-13(21)10-15(14)22/h3-10H,1-2H3. The molecular weight excluding hydrogens is 403 g/mol. The summed E-state index contributed by atoms with van der Waals surface area (Å²) in [6.07, 6.45) is 1.46. The highest BCUT2D eigenvalue weighted by Gasteiger charge is 2.16. The third-order valence-electron chi connectivity index (χ3n) is 3.90. The van der Waals surface area contributed by atoms with Crippen LogP contribution >= 0.6 is 23.2 Å². The van der Waals surface area contributed by atoms with Gasteiger partial charge in [-0.3, -0.25) is 4.98 Å². The van der Waals surface area contributed by atoms with Crippen molar-refractivity contribution in [2.24, 2.45) is 0 Å². The van der Waals surface area contributed by atoms with E-state index < -0.39 is 11.9 Å². The Bertz CT molecular complexity index is 1070. The van der Waals surface area contributed by atoms with Crippen molar-refractivity contribution in [1.82, 2.24) is 9.97 Å². The van der Waals surface area contributed by atoms with Gasteiger partial charge < -0.3 is 9.47 Å². The summed E-state index contributed by atoms with van der Waals surface area (Å²) in [7, 11) is 2.58. The summed E-state index contributed by atoms with van der Waals surface area (Å²) >= 11 is 12.3. The molecule has 0 N–H and O–H groups in total. The fourth-order valence-corrected chi connectivity index (χ4v) is 3.05. The molecular formula is C20H14Cl2N2O4. The van der Waals surface area contributed by atoms with Crippen molar-refractivity contribution >= 4 is 35.1 Å². The van der Waals surface area contributed by atoms with Gasteiger partial charge in [-0.05, 0) is 42.5 Å². The fourth-order valence-electron chi connectivity index (χ4n) is 2.55. The lowest BCUT2D eigenvalue weighted by atomic mass is 10.1. The van der Waals surface area contributed by atoms with Gasteiger partial charge in [0.1, 0.15) is 0 Å². The lowest BCUT2D eigenvalue weighted by Gasteiger charge is -2.10. The summed E-state index contributed by atoms with van der Waals surface area (Å²) in [5, 5.41) is 0.856. The van der Waals surface area contributed by atoms with Gasteiger partial charge in [-0.25, -0.2) is 14.6 Å². The maximum atomic E-state index is 12.1. The molecule has 2 heterocycles. The number of aromatic nitrogens is 2. The lowest BCUT2D eigenvalue weighted by molar-refractivity contribution is 0.0591. The van der Waals surface area contributed by atoms with Crippen LogP contribution in [0.25, 0.3) is 22.6 Å². The molecule has 3 rings (SSSR count). The molecule has 0 spiro atoms. The average Bonchev–Trinajstić information content (AvgIpc) is 2.72. The minimum absolute atomic E-state index is 0.263. The molecule has 3 aromatic rings. The van der Waals surface area contributed by atoms with E-state index in [0.717, 1.165) is 0 Å². The number of esters is 2. The van der Waals surface area contributed by atoms with E-state index in [9.17, 15) is 9.59 Å². The first-order valence-corrected chi connectivity index (χ1v) is 8.79. The normalized spacial score (nSPS) is 10.4. The van der Waals surface area contributed by atoms with Crippen molar-refractivity contribution in [2.75, 3.05) is 14.2 Å². The SMILES string of the molecule is COC(=O)c1ccnc(-c2cc(C(=O)OC)cc(-c3ccc(Cl)cc3Cl)n2)c1. The first kappa shape index (κ1) is 19.8. The van der Waals surface area contributed by atoms with Crippen LogP contribution in [0.5, 0.6) is 0 Å². The number of ether oxygens (including phenoxy) is 2. The van der Waals surface area contributed by atoms with Crippen molar-refractivity contribution in [1.29, 1.82) is 0 Å². The second kappa shape index (κ2) is 8.37. The third kappa shape index (κ3) is 4.13. The smallest absolute Gasteiger partial charge is 0.338 e. The van der Waals surface area contributed by atoms with E-state index >= 15 is 0 Å². The number of halogens is 2. The van der Waals surface area contributed by atoms with Crippen LogP contribution < -0.4 is 0 Å². The number of pyridine rings is 2. The molecule has 0 saturated carbocycles. The Kier molecular flexibility index (Phi) is 5.92. The van der Waals surface area contributed by atoms with Crippen LogP contribution in [-0.2, 0) is 9.47 Å². The van der Waals surface area contributed by atoms with E-state index in [1.54, 1.807) is 24.3 Å². The molecule has 0 radical (unpaired) electrons. The molecule has 8 heteroatoms. The van der Waals surface area contributed by atoms with Gasteiger partial charge >= 0.3 is 11.9 Å². The van der Waals surface area contributed by atoms with Crippen molar-refractivity contribution < 1.29 is 19.1 Å². The largest absolute Gasteiger partial charge is 0.465 e. The zero-order valence-electron chi connectivity index (χ0n) is 14.9. The summed E-state index contributed by atoms with van der Waals surface area (Å²) in [5.41, 5.74) is 2.35. The van der Waals surface area contributed by atoms with Gasteiger partial charge in [0.2, 0.25) is 0 Å². The maximum absolute atomic E-state index is 12.1. The van der Waals surface area contributed by atoms with Gasteiger partial charge in [-0.1, -0.05) is 23.2 Å². The van der Waals surface area contributed by atoms with E-state index in [4.69, 9.17) is 32.7 Å². The van der Waals surface area contributed by atoms with Crippen molar-refractivity contribution in [3.05, 3.63) is 69.8 Å². The van der Waals surface area contributed by atoms with Crippen molar-refractivity contribution in [2.45, 2.75) is 0 Å². The molecule has 0 aliphatic carbocycles. The molecule has 6 nitrogen and oxygen atoms in total. The molecule has 142 valence electrons. The maximum Gasteiger partial charge on any atom is 0.338 e. The van der Waals surface area contributed by atoms with Crippen molar-refractivity contribution in [3.63, 3.8) is 0 Å². The quantitative estimate of drug-likeness (QED) is 0.573. The second-order valence-electron chi connectivity index (χ2n) is 5.66. The molecule has 0 bridgehead atoms. The summed E-state index contributed by atoms with van der Waals surface area (Å²) in [6.45, 7) is 0. The molecule has 0 aliphatic rings. The molecule has 0 fully saturated rings. The highest BCUT2D eigenvalue weighted by Crippen LogP contribution is 2.31. The number of rotatable bonds is 4. The summed E-state index contributed by atoms with van der Waals surface area (Å²) in [4.78, 5) is 32.8. The van der Waals surface area contributed by atoms with Gasteiger partial charge in [0.15, 0.2) is 0 Å². The summed E-state index contributed by atoms with van der Waals surface area (Å²) in [6, 6.07) is 11.1. The van der Waals surface area contributed by atoms with Crippen LogP contribution in [0.3, 0.4) is 0 Å². The molecule has 1 aromatic carbocycles. The second-order valence-corrected chi connectivity index (χ2v) is 6.51. The average molecular weight is 417 g/mol. The molecule has 2 aromatic heterocycles. The number of methoxy groups -OCH3 is 2. The fraction of sp³-hybridized carbons (Fsp3) is 0.100. The zero-order valence-corrected chi connectivity index (χ0v) is 16.4. The molecule has 28 heavy (non-hydrogen) atoms. The minimum atomic E-state index is -0.542. The monoisotopic (exact) mass is 416 g/mol. The molecule has 0 saturated heterocycles. The Morgan fingerprint density at radius 3 is 2.14 bits per heavy atom. The molecule has 0 amide bonds. The van der Waals surface area contributed by atoms with Gasteiger partial charge in [-0.2, -0.15) is 0 Å². The van der Waals surface area contributed by atoms with Crippen LogP contribution in [0.15, 0.2) is 48.7 Å². The minimum Gasteiger partial charge on any atom is -0.465 e. The van der Waals surface area contributed by atoms with E-state index in [2.05, 4.69) is 9.97 Å². The highest BCUT2D eigenvalue weighted by molar-refractivity contribution is 6.36. The zero-order chi connectivity index (χ0) is 20.3. The Balaban J connectivity index is 2.19. The summed E-state index contributed by atoms with van der Waals surface area (Å²) < 4.78 is 9.57. The summed E-state index contributed by atoms with van der Waals surface area (Å²) in [5.74, 6) is -1.05. The van der Waals surface area contributed by atoms with Crippen LogP contribution in [-0.4, -0.2) is 36.1 Å². The van der Waals surface area contributed by atoms with E-state index in [1.165, 1.54) is 38.6 Å². The van der Waals surface area contributed by atoms with Crippen molar-refractivity contribution in [3.8, 4) is 22.6 Å². The predicted molar refractivity (Wildman–Crippen MR) is 106 cm³/mol. The first-order chi connectivity index (χ1) is 13.4. The third-order valence-corrected chi connectivity index (χ3v) is 4.44. The first-order valence-electron chi connectivity index (χ1n) is 8.03. The predicted octanol–water partition coefficient (Wildman–Crippen LogP) is 4.69. The van der Waals surface area contributed by atoms with Gasteiger partial charge in [0.25, 0.3) is 0 Å². The number of carbonyl (C=O) groups is 2. The molecule has 0 aliphatic heterocycles. The van der Waals surface area contributed by atoms with Crippen LogP contribution in [0.4, 0.5) is 0 Å². The van der Waals surface area contributed by atoms with Crippen LogP contribution in [0.2, 0.25) is 10.0 Å². The van der Waals surface area contributed by atoms with E-state index in [0.29, 0.717) is 38.3 Å². The van der Waals surface area contributed by atoms with Crippen LogP contribution in [0, 0.1) is 0 Å². The topological polar surface area (TPSA) is 78.4 Å². The Morgan fingerprint density at radius 1 is 0.821 bits per heavy atom. The van der Waals surface area contributed by atoms with Gasteiger partial charge in [-0.15, -0.1) is 0 Å². The number of carbonyl (C=O) groups excluding carboxylic acids is 2. The number of hydrogen-bond acceptors (Lipinski definition) is 6. The van der Waals surface area contributed by atoms with Gasteiger partial charge in [0.05, 0.1) is 47.5 Å². The highest BCUT2D eigenvalue weighted by atomic mass is 35.5. The number of nitrogens with zero attached hydrogens (tertiary/aromatic N) is 2. The lowest BCUT2D eigenvalue weighted by Crippen LogP contribution is -2.05. The molecule has 0 unspecified atom stereocenters. The van der Waals surface area contributed by atoms with Crippen LogP contribution in [0.1, 0.15) is 20.7 Å². The van der Waals surface area contributed by atoms with E-state index in [-0.39, 0.29) is 5.56 Å². The Morgan fingerprint density at radius 2 is 1.46 bits per heavy atom. The molecule has 0 atom stereocenters. The van der Waals surface area contributed by atoms with E-state index in [1.807, 2.05) is 0 Å². The number of hydrogen-bond donors (Lipinski definition) is 0. The Labute approximate surface area is 171 Å².